The van der Waals surface area contributed by atoms with Crippen LogP contribution in [0, 0.1) is 5.41 Å². The molecule has 0 radical (unpaired) electrons. The Labute approximate surface area is 255 Å². The Hall–Kier alpha value is -2.94. The van der Waals surface area contributed by atoms with Crippen molar-refractivity contribution in [1.29, 1.82) is 0 Å². The Morgan fingerprint density at radius 1 is 1.30 bits per heavy atom. The molecule has 244 valence electrons. The van der Waals surface area contributed by atoms with Gasteiger partial charge >= 0.3 is 13.7 Å². The van der Waals surface area contributed by atoms with Crippen molar-refractivity contribution >= 4 is 31.8 Å². The zero-order chi connectivity index (χ0) is 32.5. The number of amidine groups is 1. The molecule has 3 aliphatic heterocycles. The number of alkyl halides is 1. The van der Waals surface area contributed by atoms with Crippen molar-refractivity contribution < 1.29 is 47.2 Å². The van der Waals surface area contributed by atoms with Crippen LogP contribution < -0.4 is 9.61 Å². The average Bonchev–Trinajstić information content (AvgIpc) is 3.43. The lowest BCUT2D eigenvalue weighted by Crippen LogP contribution is -2.56. The van der Waals surface area contributed by atoms with Crippen LogP contribution in [-0.2, 0) is 28.1 Å². The second-order valence-electron chi connectivity index (χ2n) is 12.2. The van der Waals surface area contributed by atoms with Gasteiger partial charge < -0.3 is 33.8 Å². The number of para-hydroxylation sites is 1. The molecular formula is C28H41FN5O9P. The summed E-state index contributed by atoms with van der Waals surface area (Å²) in [5.74, 6) is -3.05. The minimum absolute atomic E-state index is 0.0930. The summed E-state index contributed by atoms with van der Waals surface area (Å²) in [7, 11) is -4.53. The number of nitrogens with zero attached hydrogens (tertiary/aromatic N) is 4. The summed E-state index contributed by atoms with van der Waals surface area (Å²) < 4.78 is 57.9. The summed E-state index contributed by atoms with van der Waals surface area (Å²) in [6.45, 7) is 10.9. The highest BCUT2D eigenvalue weighted by molar-refractivity contribution is 7.52. The van der Waals surface area contributed by atoms with E-state index in [-0.39, 0.29) is 17.8 Å². The third-order valence-corrected chi connectivity index (χ3v) is 8.50. The van der Waals surface area contributed by atoms with E-state index in [0.717, 1.165) is 0 Å². The van der Waals surface area contributed by atoms with Gasteiger partial charge in [0, 0.05) is 0 Å². The minimum atomic E-state index is -4.53. The Morgan fingerprint density at radius 2 is 1.98 bits per heavy atom. The van der Waals surface area contributed by atoms with Crippen LogP contribution in [0.2, 0.25) is 0 Å². The van der Waals surface area contributed by atoms with Crippen molar-refractivity contribution in [3.63, 3.8) is 0 Å². The van der Waals surface area contributed by atoms with Gasteiger partial charge in [-0.2, -0.15) is 5.09 Å². The van der Waals surface area contributed by atoms with Crippen molar-refractivity contribution in [2.24, 2.45) is 20.4 Å². The smallest absolute Gasteiger partial charge is 0.459 e. The van der Waals surface area contributed by atoms with Crippen LogP contribution in [0.4, 0.5) is 4.39 Å². The van der Waals surface area contributed by atoms with Crippen LogP contribution >= 0.6 is 7.75 Å². The first-order chi connectivity index (χ1) is 20.5. The van der Waals surface area contributed by atoms with Crippen LogP contribution in [0.1, 0.15) is 48.5 Å². The van der Waals surface area contributed by atoms with Crippen molar-refractivity contribution in [3.05, 3.63) is 30.3 Å². The molecule has 16 heteroatoms. The van der Waals surface area contributed by atoms with Gasteiger partial charge in [0.2, 0.25) is 5.90 Å². The molecule has 0 bridgehead atoms. The lowest BCUT2D eigenvalue weighted by molar-refractivity contribution is -0.208. The van der Waals surface area contributed by atoms with Crippen LogP contribution in [0.25, 0.3) is 0 Å². The number of rotatable bonds is 11. The van der Waals surface area contributed by atoms with Gasteiger partial charge in [-0.1, -0.05) is 39.0 Å². The number of benzene rings is 1. The molecule has 3 aliphatic rings. The first-order valence-corrected chi connectivity index (χ1v) is 15.8. The fourth-order valence-electron chi connectivity index (χ4n) is 4.70. The van der Waals surface area contributed by atoms with Crippen LogP contribution in [0.15, 0.2) is 45.3 Å². The molecule has 0 amide bonds. The van der Waals surface area contributed by atoms with Gasteiger partial charge in [0.05, 0.1) is 19.6 Å². The quantitative estimate of drug-likeness (QED) is 0.240. The van der Waals surface area contributed by atoms with Gasteiger partial charge in [0.1, 0.15) is 35.9 Å². The molecule has 0 aromatic heterocycles. The molecule has 4 rings (SSSR count). The molecule has 1 aromatic rings. The molecule has 0 aliphatic carbocycles. The Balaban J connectivity index is 1.52. The Morgan fingerprint density at radius 3 is 2.61 bits per heavy atom. The predicted molar refractivity (Wildman–Crippen MR) is 159 cm³/mol. The number of esters is 1. The fourth-order valence-corrected chi connectivity index (χ4v) is 6.20. The summed E-state index contributed by atoms with van der Waals surface area (Å²) in [5.41, 5.74) is -2.54. The highest BCUT2D eigenvalue weighted by Gasteiger charge is 2.66. The zero-order valence-electron chi connectivity index (χ0n) is 25.8. The number of fused-ring (bicyclic) bond motifs is 1. The predicted octanol–water partition coefficient (Wildman–Crippen LogP) is 2.80. The van der Waals surface area contributed by atoms with Crippen molar-refractivity contribution in [1.82, 2.24) is 9.99 Å². The molecule has 1 saturated heterocycles. The van der Waals surface area contributed by atoms with Crippen molar-refractivity contribution in [2.75, 3.05) is 19.8 Å². The molecule has 44 heavy (non-hydrogen) atoms. The molecule has 1 fully saturated rings. The number of aliphatic hydroxyl groups excluding tert-OH is 1. The number of halogens is 1. The van der Waals surface area contributed by atoms with E-state index < -0.39 is 62.4 Å². The number of aliphatic imine (C=N–C) groups is 3. The lowest BCUT2D eigenvalue weighted by Gasteiger charge is -2.36. The van der Waals surface area contributed by atoms with Crippen molar-refractivity contribution in [2.45, 2.75) is 90.5 Å². The van der Waals surface area contributed by atoms with Gasteiger partial charge in [-0.25, -0.2) is 18.9 Å². The third kappa shape index (κ3) is 7.47. The standard InChI is InChI=1S/C28H41FN5O9P/c1-8-39-22-20-21(31-18(3)32-22)34(16-30-20)25-27(7,37)24(36)28(29,42-25)15-41-44(38,43-19-12-10-9-11-13-19)33-17(2)23(35)40-14-26(4,5)6/h9-13,16-17,20-21,24-25,36-37H,8,14-15H2,1-7H3,(H,33,38)/t17?,20?,21?,24-,25+,27+,28+,44?/m0/s1. The first kappa shape index (κ1) is 33.9. The maximum Gasteiger partial charge on any atom is 0.459 e. The molecule has 0 spiro atoms. The molecule has 8 atom stereocenters. The molecule has 0 saturated carbocycles. The minimum Gasteiger partial charge on any atom is -0.479 e. The van der Waals surface area contributed by atoms with E-state index in [1.165, 1.54) is 37.2 Å². The zero-order valence-corrected chi connectivity index (χ0v) is 26.7. The number of aliphatic hydroxyl groups is 2. The lowest BCUT2D eigenvalue weighted by atomic mass is 9.94. The van der Waals surface area contributed by atoms with E-state index in [1.54, 1.807) is 32.0 Å². The molecular weight excluding hydrogens is 600 g/mol. The molecule has 1 aromatic carbocycles. The summed E-state index contributed by atoms with van der Waals surface area (Å²) in [6.07, 6.45) is -3.16. The van der Waals surface area contributed by atoms with E-state index in [4.69, 9.17) is 23.3 Å². The van der Waals surface area contributed by atoms with Crippen LogP contribution in [0.3, 0.4) is 0 Å². The summed E-state index contributed by atoms with van der Waals surface area (Å²) in [5, 5.41) is 24.7. The average molecular weight is 642 g/mol. The Bertz CT molecular complexity index is 1340. The van der Waals surface area contributed by atoms with Gasteiger partial charge in [0.15, 0.2) is 18.4 Å². The van der Waals surface area contributed by atoms with Gasteiger partial charge in [-0.3, -0.25) is 14.3 Å². The second-order valence-corrected chi connectivity index (χ2v) is 13.9. The summed E-state index contributed by atoms with van der Waals surface area (Å²) in [6, 6.07) is 6.04. The maximum atomic E-state index is 16.4. The monoisotopic (exact) mass is 641 g/mol. The maximum absolute atomic E-state index is 16.4. The third-order valence-electron chi connectivity index (χ3n) is 6.88. The molecule has 4 unspecified atom stereocenters. The van der Waals surface area contributed by atoms with Crippen molar-refractivity contribution in [3.8, 4) is 5.75 Å². The number of ether oxygens (including phenoxy) is 3. The van der Waals surface area contributed by atoms with Gasteiger partial charge in [-0.15, -0.1) is 0 Å². The van der Waals surface area contributed by atoms with Crippen LogP contribution in [-0.4, -0.2) is 101 Å². The highest BCUT2D eigenvalue weighted by atomic mass is 31.2. The second kappa shape index (κ2) is 12.8. The number of nitrogens with one attached hydrogen (secondary N) is 1. The van der Waals surface area contributed by atoms with E-state index in [2.05, 4.69) is 20.1 Å². The SMILES string of the molecule is CCOC1=NC(C)=NC2C1N=CN2[C@@H]1O[C@](F)(COP(=O)(NC(C)C(=O)OCC(C)(C)C)Oc2ccccc2)[C@@H](O)[C@@]1(C)O. The molecule has 3 heterocycles. The fraction of sp³-hybridized carbons (Fsp3) is 0.643. The van der Waals surface area contributed by atoms with Gasteiger partial charge in [-0.05, 0) is 45.2 Å². The largest absolute Gasteiger partial charge is 0.479 e. The van der Waals surface area contributed by atoms with Gasteiger partial charge in [0.25, 0.3) is 5.85 Å². The van der Waals surface area contributed by atoms with E-state index >= 15 is 4.39 Å². The van der Waals surface area contributed by atoms with E-state index in [1.807, 2.05) is 20.8 Å². The normalized spacial score (nSPS) is 31.9. The highest BCUT2D eigenvalue weighted by Crippen LogP contribution is 2.49. The summed E-state index contributed by atoms with van der Waals surface area (Å²) >= 11 is 0. The number of carbonyl (C=O) groups is 1. The van der Waals surface area contributed by atoms with E-state index in [0.29, 0.717) is 18.3 Å². The Kier molecular flexibility index (Phi) is 9.89. The summed E-state index contributed by atoms with van der Waals surface area (Å²) in [4.78, 5) is 27.1. The molecule has 3 N–H and O–H groups in total. The number of carbonyl (C=O) groups excluding carboxylic acids is 1. The topological polar surface area (TPSA) is 173 Å². The van der Waals surface area contributed by atoms with Crippen LogP contribution in [0.5, 0.6) is 5.75 Å². The number of hydrogen-bond donors (Lipinski definition) is 3. The van der Waals surface area contributed by atoms with E-state index in [9.17, 15) is 19.6 Å². The number of hydrogen-bond acceptors (Lipinski definition) is 13. The first-order valence-electron chi connectivity index (χ1n) is 14.3. The molecule has 14 nitrogen and oxygen atoms in total.